The predicted molar refractivity (Wildman–Crippen MR) is 266 cm³/mol. The first-order chi connectivity index (χ1) is 30.2. The van der Waals surface area contributed by atoms with E-state index in [1.807, 2.05) is 0 Å². The third kappa shape index (κ3) is 49.4. The lowest BCUT2D eigenvalue weighted by molar-refractivity contribution is -0.167. The molecule has 6 heteroatoms. The van der Waals surface area contributed by atoms with Crippen LogP contribution in [0.4, 0.5) is 0 Å². The summed E-state index contributed by atoms with van der Waals surface area (Å²) in [6.07, 6.45) is 51.0. The van der Waals surface area contributed by atoms with E-state index < -0.39 is 6.10 Å². The summed E-state index contributed by atoms with van der Waals surface area (Å²) in [5.41, 5.74) is 0. The topological polar surface area (TPSA) is 78.9 Å². The quantitative estimate of drug-likeness (QED) is 0.0344. The predicted octanol–water partition coefficient (Wildman–Crippen LogP) is 18.1. The Morgan fingerprint density at radius 2 is 0.532 bits per heavy atom. The number of unbranched alkanes of at least 4 members (excludes halogenated alkanes) is 35. The maximum Gasteiger partial charge on any atom is 0.306 e. The summed E-state index contributed by atoms with van der Waals surface area (Å²) in [5.74, 6) is 0.780. The molecule has 0 bridgehead atoms. The Morgan fingerprint density at radius 3 is 0.790 bits per heavy atom. The van der Waals surface area contributed by atoms with Crippen molar-refractivity contribution < 1.29 is 28.6 Å². The monoisotopic (exact) mass is 877 g/mol. The second-order valence-corrected chi connectivity index (χ2v) is 20.2. The van der Waals surface area contributed by atoms with Crippen molar-refractivity contribution in [2.24, 2.45) is 11.8 Å². The third-order valence-corrected chi connectivity index (χ3v) is 12.7. The van der Waals surface area contributed by atoms with Crippen LogP contribution in [0.5, 0.6) is 0 Å². The second-order valence-electron chi connectivity index (χ2n) is 20.2. The van der Waals surface area contributed by atoms with Crippen molar-refractivity contribution in [2.75, 3.05) is 13.2 Å². The molecule has 0 unspecified atom stereocenters. The van der Waals surface area contributed by atoms with Crippen LogP contribution in [0, 0.1) is 11.8 Å². The molecule has 0 aromatic carbocycles. The van der Waals surface area contributed by atoms with Crippen LogP contribution in [0.25, 0.3) is 0 Å². The lowest BCUT2D eigenvalue weighted by Crippen LogP contribution is -2.30. The molecule has 0 aliphatic carbocycles. The van der Waals surface area contributed by atoms with Gasteiger partial charge in [-0.05, 0) is 31.1 Å². The number of rotatable bonds is 50. The highest BCUT2D eigenvalue weighted by Crippen LogP contribution is 2.18. The highest BCUT2D eigenvalue weighted by Gasteiger charge is 2.19. The van der Waals surface area contributed by atoms with Gasteiger partial charge in [-0.2, -0.15) is 0 Å². The van der Waals surface area contributed by atoms with Crippen LogP contribution in [0.15, 0.2) is 0 Å². The number of hydrogen-bond acceptors (Lipinski definition) is 6. The van der Waals surface area contributed by atoms with Gasteiger partial charge in [-0.15, -0.1) is 0 Å². The van der Waals surface area contributed by atoms with Gasteiger partial charge in [-0.25, -0.2) is 0 Å². The van der Waals surface area contributed by atoms with Gasteiger partial charge in [-0.3, -0.25) is 14.4 Å². The molecule has 0 aliphatic rings. The Bertz CT molecular complexity index is 947. The van der Waals surface area contributed by atoms with E-state index >= 15 is 0 Å². The summed E-state index contributed by atoms with van der Waals surface area (Å²) in [7, 11) is 0. The fourth-order valence-corrected chi connectivity index (χ4v) is 8.52. The van der Waals surface area contributed by atoms with Crippen molar-refractivity contribution >= 4 is 17.9 Å². The summed E-state index contributed by atoms with van der Waals surface area (Å²) in [6, 6.07) is 0. The van der Waals surface area contributed by atoms with Crippen LogP contribution in [-0.2, 0) is 28.6 Å². The standard InChI is InChI=1S/C56H108O6/c1-6-7-8-9-10-11-12-13-14-15-16-21-24-27-32-38-43-48-56(59)62-53(50-61-55(58)47-42-37-33-28-30-35-40-45-52(4)5)49-60-54(57)46-41-36-31-26-23-20-18-17-19-22-25-29-34-39-44-51(2)3/h51-53H,6-50H2,1-5H3/t53-/m0/s1. The molecule has 0 amide bonds. The summed E-state index contributed by atoms with van der Waals surface area (Å²) < 4.78 is 16.8. The van der Waals surface area contributed by atoms with Crippen LogP contribution in [-0.4, -0.2) is 37.2 Å². The molecule has 0 fully saturated rings. The zero-order valence-corrected chi connectivity index (χ0v) is 42.5. The molecule has 0 saturated heterocycles. The van der Waals surface area contributed by atoms with Crippen molar-refractivity contribution in [1.29, 1.82) is 0 Å². The second kappa shape index (κ2) is 48.9. The summed E-state index contributed by atoms with van der Waals surface area (Å²) >= 11 is 0. The minimum absolute atomic E-state index is 0.0636. The van der Waals surface area contributed by atoms with Gasteiger partial charge in [0.2, 0.25) is 0 Å². The van der Waals surface area contributed by atoms with Gasteiger partial charge in [0, 0.05) is 19.3 Å². The molecular weight excluding hydrogens is 769 g/mol. The maximum absolute atomic E-state index is 12.8. The first-order valence-electron chi connectivity index (χ1n) is 27.7. The normalized spacial score (nSPS) is 12.0. The van der Waals surface area contributed by atoms with Gasteiger partial charge in [0.05, 0.1) is 0 Å². The highest BCUT2D eigenvalue weighted by molar-refractivity contribution is 5.71. The maximum atomic E-state index is 12.8. The van der Waals surface area contributed by atoms with Crippen LogP contribution in [0.3, 0.4) is 0 Å². The van der Waals surface area contributed by atoms with E-state index in [4.69, 9.17) is 14.2 Å². The average Bonchev–Trinajstić information content (AvgIpc) is 3.24. The van der Waals surface area contributed by atoms with Crippen molar-refractivity contribution in [3.05, 3.63) is 0 Å². The van der Waals surface area contributed by atoms with Crippen molar-refractivity contribution in [1.82, 2.24) is 0 Å². The molecule has 0 spiro atoms. The summed E-state index contributed by atoms with van der Waals surface area (Å²) in [6.45, 7) is 11.4. The number of carbonyl (C=O) groups excluding carboxylic acids is 3. The molecule has 62 heavy (non-hydrogen) atoms. The summed E-state index contributed by atoms with van der Waals surface area (Å²) in [5, 5.41) is 0. The van der Waals surface area contributed by atoms with Crippen molar-refractivity contribution in [3.63, 3.8) is 0 Å². The summed E-state index contributed by atoms with van der Waals surface area (Å²) in [4.78, 5) is 38.0. The van der Waals surface area contributed by atoms with Gasteiger partial charge in [0.15, 0.2) is 6.10 Å². The molecule has 0 saturated carbocycles. The lowest BCUT2D eigenvalue weighted by atomic mass is 10.0. The smallest absolute Gasteiger partial charge is 0.306 e. The van der Waals surface area contributed by atoms with Crippen molar-refractivity contribution in [2.45, 2.75) is 317 Å². The number of hydrogen-bond donors (Lipinski definition) is 0. The minimum Gasteiger partial charge on any atom is -0.462 e. The van der Waals surface area contributed by atoms with E-state index in [1.165, 1.54) is 199 Å². The Labute approximate surface area is 387 Å². The molecule has 0 heterocycles. The van der Waals surface area contributed by atoms with Crippen molar-refractivity contribution in [3.8, 4) is 0 Å². The first kappa shape index (κ1) is 60.4. The van der Waals surface area contributed by atoms with Crippen LogP contribution >= 0.6 is 0 Å². The van der Waals surface area contributed by atoms with Gasteiger partial charge in [0.25, 0.3) is 0 Å². The molecule has 0 rings (SSSR count). The molecule has 0 aromatic heterocycles. The van der Waals surface area contributed by atoms with E-state index in [0.717, 1.165) is 69.6 Å². The lowest BCUT2D eigenvalue weighted by Gasteiger charge is -2.18. The van der Waals surface area contributed by atoms with E-state index in [1.54, 1.807) is 0 Å². The first-order valence-corrected chi connectivity index (χ1v) is 27.7. The highest BCUT2D eigenvalue weighted by atomic mass is 16.6. The molecule has 0 aliphatic heterocycles. The Balaban J connectivity index is 4.26. The zero-order valence-electron chi connectivity index (χ0n) is 42.5. The molecule has 1 atom stereocenters. The van der Waals surface area contributed by atoms with Gasteiger partial charge in [-0.1, -0.05) is 272 Å². The SMILES string of the molecule is CCCCCCCCCCCCCCCCCCCC(=O)O[C@@H](COC(=O)CCCCCCCCCCCCCCCCC(C)C)COC(=O)CCCCCCCCCC(C)C. The van der Waals surface area contributed by atoms with Crippen LogP contribution < -0.4 is 0 Å². The average molecular weight is 877 g/mol. The van der Waals surface area contributed by atoms with Gasteiger partial charge in [0.1, 0.15) is 13.2 Å². The largest absolute Gasteiger partial charge is 0.462 e. The fourth-order valence-electron chi connectivity index (χ4n) is 8.52. The fraction of sp³-hybridized carbons (Fsp3) is 0.946. The van der Waals surface area contributed by atoms with Gasteiger partial charge < -0.3 is 14.2 Å². The van der Waals surface area contributed by atoms with E-state index in [9.17, 15) is 14.4 Å². The molecule has 0 aromatic rings. The number of esters is 3. The Hall–Kier alpha value is -1.59. The van der Waals surface area contributed by atoms with Crippen LogP contribution in [0.2, 0.25) is 0 Å². The molecule has 0 radical (unpaired) electrons. The number of ether oxygens (including phenoxy) is 3. The third-order valence-electron chi connectivity index (χ3n) is 12.7. The van der Waals surface area contributed by atoms with E-state index in [0.29, 0.717) is 19.3 Å². The molecular formula is C56H108O6. The molecule has 0 N–H and O–H groups in total. The molecule has 368 valence electrons. The zero-order chi connectivity index (χ0) is 45.4. The minimum atomic E-state index is -0.762. The Kier molecular flexibility index (Phi) is 47.6. The van der Waals surface area contributed by atoms with Gasteiger partial charge >= 0.3 is 17.9 Å². The van der Waals surface area contributed by atoms with E-state index in [2.05, 4.69) is 34.6 Å². The number of carbonyl (C=O) groups is 3. The molecule has 6 nitrogen and oxygen atoms in total. The van der Waals surface area contributed by atoms with E-state index in [-0.39, 0.29) is 31.1 Å². The Morgan fingerprint density at radius 1 is 0.306 bits per heavy atom. The van der Waals surface area contributed by atoms with Crippen LogP contribution in [0.1, 0.15) is 311 Å².